The number of rotatable bonds is 11. The molecule has 0 aliphatic carbocycles. The molecule has 2 nitrogen and oxygen atoms in total. The Kier molecular flexibility index (Phi) is 11.0. The zero-order valence-corrected chi connectivity index (χ0v) is 13.8. The van der Waals surface area contributed by atoms with Gasteiger partial charge in [-0.25, -0.2) is 0 Å². The van der Waals surface area contributed by atoms with Gasteiger partial charge < -0.3 is 5.32 Å². The van der Waals surface area contributed by atoms with E-state index in [1.807, 2.05) is 6.92 Å². The van der Waals surface area contributed by atoms with Gasteiger partial charge in [-0.15, -0.1) is 0 Å². The lowest BCUT2D eigenvalue weighted by Gasteiger charge is -2.15. The molecule has 0 bridgehead atoms. The zero-order chi connectivity index (χ0) is 14.7. The molecule has 0 saturated carbocycles. The van der Waals surface area contributed by atoms with Gasteiger partial charge in [0.15, 0.2) is 0 Å². The van der Waals surface area contributed by atoms with E-state index in [9.17, 15) is 4.79 Å². The van der Waals surface area contributed by atoms with E-state index in [0.717, 1.165) is 31.2 Å². The Morgan fingerprint density at radius 1 is 1.00 bits per heavy atom. The van der Waals surface area contributed by atoms with E-state index in [0.29, 0.717) is 0 Å². The van der Waals surface area contributed by atoms with Crippen molar-refractivity contribution in [2.75, 3.05) is 6.54 Å². The first-order valence-corrected chi connectivity index (χ1v) is 8.26. The zero-order valence-electron chi connectivity index (χ0n) is 13.8. The van der Waals surface area contributed by atoms with Crippen molar-refractivity contribution in [2.24, 2.45) is 17.8 Å². The third kappa shape index (κ3) is 9.98. The summed E-state index contributed by atoms with van der Waals surface area (Å²) in [6.45, 7) is 12.0. The average Bonchev–Trinajstić information content (AvgIpc) is 2.37. The van der Waals surface area contributed by atoms with E-state index in [4.69, 9.17) is 0 Å². The first-order valence-electron chi connectivity index (χ1n) is 8.26. The first-order chi connectivity index (χ1) is 8.99. The fraction of sp³-hybridized carbons (Fsp3) is 0.941. The fourth-order valence-corrected chi connectivity index (χ4v) is 2.14. The van der Waals surface area contributed by atoms with Crippen molar-refractivity contribution in [3.05, 3.63) is 0 Å². The van der Waals surface area contributed by atoms with Crippen LogP contribution in [0.1, 0.15) is 81.0 Å². The molecule has 1 amide bonds. The van der Waals surface area contributed by atoms with Crippen LogP contribution >= 0.6 is 0 Å². The number of unbranched alkanes of at least 4 members (excludes halogenated alkanes) is 3. The van der Waals surface area contributed by atoms with Gasteiger partial charge >= 0.3 is 0 Å². The Morgan fingerprint density at radius 2 is 1.63 bits per heavy atom. The molecule has 0 fully saturated rings. The third-order valence-corrected chi connectivity index (χ3v) is 4.21. The second kappa shape index (κ2) is 11.3. The van der Waals surface area contributed by atoms with E-state index in [2.05, 4.69) is 33.0 Å². The van der Waals surface area contributed by atoms with E-state index >= 15 is 0 Å². The SMILES string of the molecule is CCCCCC(C)C(=O)NCCCCC(C)C(C)C.[HH]. The van der Waals surface area contributed by atoms with Crippen LogP contribution in [0, 0.1) is 17.8 Å². The summed E-state index contributed by atoms with van der Waals surface area (Å²) in [5.74, 6) is 1.99. The molecule has 0 aliphatic rings. The summed E-state index contributed by atoms with van der Waals surface area (Å²) >= 11 is 0. The van der Waals surface area contributed by atoms with Crippen LogP contribution in [0.3, 0.4) is 0 Å². The van der Waals surface area contributed by atoms with Crippen molar-refractivity contribution in [1.29, 1.82) is 0 Å². The Balaban J connectivity index is 0. The summed E-state index contributed by atoms with van der Waals surface area (Å²) in [4.78, 5) is 11.8. The minimum Gasteiger partial charge on any atom is -0.356 e. The molecule has 0 radical (unpaired) electrons. The fourth-order valence-electron chi connectivity index (χ4n) is 2.14. The van der Waals surface area contributed by atoms with Crippen LogP contribution in [0.2, 0.25) is 0 Å². The highest BCUT2D eigenvalue weighted by Crippen LogP contribution is 2.16. The largest absolute Gasteiger partial charge is 0.356 e. The summed E-state index contributed by atoms with van der Waals surface area (Å²) in [6, 6.07) is 0. The molecule has 1 N–H and O–H groups in total. The van der Waals surface area contributed by atoms with Gasteiger partial charge in [-0.1, -0.05) is 66.7 Å². The minimum absolute atomic E-state index is 0. The molecular weight excluding hydrogens is 234 g/mol. The van der Waals surface area contributed by atoms with E-state index in [-0.39, 0.29) is 13.3 Å². The van der Waals surface area contributed by atoms with Gasteiger partial charge in [-0.2, -0.15) is 0 Å². The molecule has 19 heavy (non-hydrogen) atoms. The molecule has 0 spiro atoms. The van der Waals surface area contributed by atoms with Crippen LogP contribution in [-0.2, 0) is 4.79 Å². The molecule has 0 aromatic carbocycles. The Bertz CT molecular complexity index is 231. The van der Waals surface area contributed by atoms with E-state index in [1.54, 1.807) is 0 Å². The highest BCUT2D eigenvalue weighted by Gasteiger charge is 2.11. The predicted octanol–water partition coefficient (Wildman–Crippen LogP) is 5.03. The monoisotopic (exact) mass is 271 g/mol. The van der Waals surface area contributed by atoms with E-state index < -0.39 is 0 Å². The third-order valence-electron chi connectivity index (χ3n) is 4.21. The molecule has 0 aromatic rings. The molecule has 0 aliphatic heterocycles. The summed E-state index contributed by atoms with van der Waals surface area (Å²) < 4.78 is 0. The Morgan fingerprint density at radius 3 is 2.21 bits per heavy atom. The molecule has 0 aromatic heterocycles. The molecule has 2 unspecified atom stereocenters. The van der Waals surface area contributed by atoms with Crippen molar-refractivity contribution in [1.82, 2.24) is 5.32 Å². The molecular formula is C17H37NO. The smallest absolute Gasteiger partial charge is 0.222 e. The van der Waals surface area contributed by atoms with Crippen LogP contribution in [-0.4, -0.2) is 12.5 Å². The molecule has 0 saturated heterocycles. The maximum Gasteiger partial charge on any atom is 0.222 e. The average molecular weight is 271 g/mol. The molecule has 0 rings (SSSR count). The van der Waals surface area contributed by atoms with Crippen molar-refractivity contribution in [2.45, 2.75) is 79.6 Å². The quantitative estimate of drug-likeness (QED) is 0.525. The number of nitrogens with one attached hydrogen (secondary N) is 1. The van der Waals surface area contributed by atoms with Crippen molar-refractivity contribution < 1.29 is 6.22 Å². The molecule has 2 heteroatoms. The Hall–Kier alpha value is -0.530. The summed E-state index contributed by atoms with van der Waals surface area (Å²) in [5.41, 5.74) is 0. The predicted molar refractivity (Wildman–Crippen MR) is 86.3 cm³/mol. The van der Waals surface area contributed by atoms with Gasteiger partial charge in [0.1, 0.15) is 0 Å². The second-order valence-electron chi connectivity index (χ2n) is 6.40. The van der Waals surface area contributed by atoms with Gasteiger partial charge in [0.05, 0.1) is 0 Å². The van der Waals surface area contributed by atoms with Crippen molar-refractivity contribution >= 4 is 5.91 Å². The van der Waals surface area contributed by atoms with Crippen LogP contribution in [0.4, 0.5) is 0 Å². The maximum absolute atomic E-state index is 11.8. The summed E-state index contributed by atoms with van der Waals surface area (Å²) in [5, 5.41) is 3.07. The second-order valence-corrected chi connectivity index (χ2v) is 6.40. The lowest BCUT2D eigenvalue weighted by atomic mass is 9.93. The number of hydrogen-bond donors (Lipinski definition) is 1. The van der Waals surface area contributed by atoms with Crippen molar-refractivity contribution in [3.8, 4) is 0 Å². The van der Waals surface area contributed by atoms with Gasteiger partial charge in [-0.05, 0) is 24.7 Å². The maximum atomic E-state index is 11.8. The highest BCUT2D eigenvalue weighted by atomic mass is 16.1. The number of carbonyl (C=O) groups is 1. The van der Waals surface area contributed by atoms with Gasteiger partial charge in [-0.3, -0.25) is 4.79 Å². The Labute approximate surface area is 122 Å². The summed E-state index contributed by atoms with van der Waals surface area (Å²) in [6.07, 6.45) is 8.29. The molecule has 116 valence electrons. The topological polar surface area (TPSA) is 29.1 Å². The number of hydrogen-bond acceptors (Lipinski definition) is 1. The van der Waals surface area contributed by atoms with Gasteiger partial charge in [0.25, 0.3) is 0 Å². The normalized spacial score (nSPS) is 14.4. The van der Waals surface area contributed by atoms with E-state index in [1.165, 1.54) is 32.1 Å². The van der Waals surface area contributed by atoms with Gasteiger partial charge in [0.2, 0.25) is 5.91 Å². The standard InChI is InChI=1S/C17H35NO.H2/c1-6-7-8-12-16(5)17(19)18-13-10-9-11-15(4)14(2)3;/h14-16H,6-13H2,1-5H3,(H,18,19);1H. The van der Waals surface area contributed by atoms with Crippen molar-refractivity contribution in [3.63, 3.8) is 0 Å². The molecule has 0 heterocycles. The lowest BCUT2D eigenvalue weighted by Crippen LogP contribution is -2.30. The lowest BCUT2D eigenvalue weighted by molar-refractivity contribution is -0.124. The molecule has 2 atom stereocenters. The van der Waals surface area contributed by atoms with Crippen LogP contribution in [0.5, 0.6) is 0 Å². The van der Waals surface area contributed by atoms with Crippen LogP contribution in [0.15, 0.2) is 0 Å². The number of carbonyl (C=O) groups excluding carboxylic acids is 1. The first kappa shape index (κ1) is 18.5. The van der Waals surface area contributed by atoms with Crippen LogP contribution < -0.4 is 5.32 Å². The summed E-state index contributed by atoms with van der Waals surface area (Å²) in [7, 11) is 0. The number of amides is 1. The van der Waals surface area contributed by atoms with Crippen LogP contribution in [0.25, 0.3) is 0 Å². The van der Waals surface area contributed by atoms with Gasteiger partial charge in [0, 0.05) is 13.9 Å². The minimum atomic E-state index is 0. The highest BCUT2D eigenvalue weighted by molar-refractivity contribution is 5.78.